The SMILES string of the molecule is CC(=O)N[C@H]1[C@H]2O[C@@]2([Si](C)(C)C)C(C(=O)OC(C)(C)C)=C(C(=O)OC(C)(C)C)[C@@H]1C. The first kappa shape index (κ1) is 24.6. The van der Waals surface area contributed by atoms with Crippen LogP contribution in [-0.2, 0) is 28.6 Å². The van der Waals surface area contributed by atoms with Gasteiger partial charge in [0.2, 0.25) is 5.91 Å². The van der Waals surface area contributed by atoms with Crippen molar-refractivity contribution in [3.63, 3.8) is 0 Å². The Morgan fingerprint density at radius 3 is 1.83 bits per heavy atom. The molecule has 1 N–H and O–H groups in total. The molecule has 0 radical (unpaired) electrons. The number of rotatable bonds is 4. The summed E-state index contributed by atoms with van der Waals surface area (Å²) in [4.78, 5) is 38.7. The molecule has 2 rings (SSSR count). The number of hydrogen-bond acceptors (Lipinski definition) is 6. The van der Waals surface area contributed by atoms with E-state index in [1.54, 1.807) is 41.5 Å². The summed E-state index contributed by atoms with van der Waals surface area (Å²) in [6.45, 7) is 20.2. The lowest BCUT2D eigenvalue weighted by molar-refractivity contribution is -0.154. The Labute approximate surface area is 180 Å². The molecule has 0 aromatic carbocycles. The molecule has 0 spiro atoms. The molecule has 170 valence electrons. The third-order valence-corrected chi connectivity index (χ3v) is 8.20. The molecule has 8 heteroatoms. The highest BCUT2D eigenvalue weighted by atomic mass is 28.3. The molecule has 30 heavy (non-hydrogen) atoms. The Hall–Kier alpha value is -1.67. The van der Waals surface area contributed by atoms with Crippen molar-refractivity contribution in [3.05, 3.63) is 11.1 Å². The molecule has 0 bridgehead atoms. The van der Waals surface area contributed by atoms with E-state index in [9.17, 15) is 14.4 Å². The molecule has 2 aliphatic rings. The topological polar surface area (TPSA) is 94.2 Å². The highest BCUT2D eigenvalue weighted by Gasteiger charge is 2.74. The van der Waals surface area contributed by atoms with E-state index in [0.717, 1.165) is 0 Å². The third-order valence-electron chi connectivity index (χ3n) is 5.32. The smallest absolute Gasteiger partial charge is 0.337 e. The minimum atomic E-state index is -2.22. The standard InChI is InChI=1S/C22H37NO6Si/c1-12-14(18(25)28-20(3,4)5)15(19(26)29-21(6,7)8)22(30(9,10)11)17(27-22)16(12)23-13(2)24/h12,16-17H,1-11H3,(H,23,24)/t12-,16+,17+,22+/m0/s1. The number of hydrogen-bond donors (Lipinski definition) is 1. The number of carbonyl (C=O) groups is 3. The summed E-state index contributed by atoms with van der Waals surface area (Å²) in [6.07, 6.45) is -0.378. The third kappa shape index (κ3) is 4.64. The van der Waals surface area contributed by atoms with Gasteiger partial charge in [0.15, 0.2) is 0 Å². The maximum absolute atomic E-state index is 13.4. The summed E-state index contributed by atoms with van der Waals surface area (Å²) >= 11 is 0. The van der Waals surface area contributed by atoms with Crippen molar-refractivity contribution in [2.45, 2.75) is 104 Å². The molecular formula is C22H37NO6Si. The lowest BCUT2D eigenvalue weighted by atomic mass is 9.79. The van der Waals surface area contributed by atoms with E-state index in [1.807, 2.05) is 6.92 Å². The Morgan fingerprint density at radius 2 is 1.43 bits per heavy atom. The van der Waals surface area contributed by atoms with Crippen molar-refractivity contribution in [3.8, 4) is 0 Å². The van der Waals surface area contributed by atoms with Gasteiger partial charge in [-0.1, -0.05) is 26.6 Å². The molecule has 0 unspecified atom stereocenters. The van der Waals surface area contributed by atoms with Gasteiger partial charge in [0.1, 0.15) is 22.5 Å². The average molecular weight is 440 g/mol. The second kappa shape index (κ2) is 7.48. The quantitative estimate of drug-likeness (QED) is 0.411. The van der Waals surface area contributed by atoms with Crippen LogP contribution >= 0.6 is 0 Å². The largest absolute Gasteiger partial charge is 0.457 e. The van der Waals surface area contributed by atoms with Crippen LogP contribution in [0, 0.1) is 5.92 Å². The lowest BCUT2D eigenvalue weighted by Gasteiger charge is -2.39. The van der Waals surface area contributed by atoms with Crippen molar-refractivity contribution >= 4 is 25.9 Å². The van der Waals surface area contributed by atoms with Gasteiger partial charge >= 0.3 is 11.9 Å². The number of fused-ring (bicyclic) bond motifs is 1. The molecule has 1 aliphatic heterocycles. The van der Waals surface area contributed by atoms with E-state index in [0.29, 0.717) is 0 Å². The molecule has 0 aromatic heterocycles. The van der Waals surface area contributed by atoms with Gasteiger partial charge in [0.05, 0.1) is 25.3 Å². The van der Waals surface area contributed by atoms with Crippen LogP contribution in [0.1, 0.15) is 55.4 Å². The normalized spacial score (nSPS) is 29.1. The van der Waals surface area contributed by atoms with E-state index in [2.05, 4.69) is 25.0 Å². The monoisotopic (exact) mass is 439 g/mol. The molecule has 0 aromatic rings. The van der Waals surface area contributed by atoms with Crippen molar-refractivity contribution in [2.24, 2.45) is 5.92 Å². The molecule has 1 saturated heterocycles. The van der Waals surface area contributed by atoms with Gasteiger partial charge < -0.3 is 19.5 Å². The van der Waals surface area contributed by atoms with Crippen LogP contribution in [0.25, 0.3) is 0 Å². The molecule has 1 aliphatic carbocycles. The fourth-order valence-electron chi connectivity index (χ4n) is 4.19. The molecule has 7 nitrogen and oxygen atoms in total. The zero-order valence-electron chi connectivity index (χ0n) is 20.2. The first-order valence-electron chi connectivity index (χ1n) is 10.5. The fourth-order valence-corrected chi connectivity index (χ4v) is 6.69. The minimum Gasteiger partial charge on any atom is -0.457 e. The summed E-state index contributed by atoms with van der Waals surface area (Å²) in [5, 5.41) is 2.02. The molecular weight excluding hydrogens is 402 g/mol. The summed E-state index contributed by atoms with van der Waals surface area (Å²) in [6, 6.07) is -0.428. The Kier molecular flexibility index (Phi) is 6.13. The number of nitrogens with one attached hydrogen (secondary N) is 1. The molecule has 4 atom stereocenters. The van der Waals surface area contributed by atoms with E-state index in [-0.39, 0.29) is 23.2 Å². The number of epoxide rings is 1. The zero-order valence-corrected chi connectivity index (χ0v) is 21.2. The number of amides is 1. The molecule has 0 saturated carbocycles. The van der Waals surface area contributed by atoms with Gasteiger partial charge in [0.25, 0.3) is 0 Å². The first-order chi connectivity index (χ1) is 13.3. The average Bonchev–Trinajstić information content (AvgIpc) is 3.21. The van der Waals surface area contributed by atoms with Gasteiger partial charge in [-0.15, -0.1) is 0 Å². The number of ether oxygens (including phenoxy) is 3. The molecule has 1 heterocycles. The van der Waals surface area contributed by atoms with E-state index in [4.69, 9.17) is 14.2 Å². The van der Waals surface area contributed by atoms with Crippen LogP contribution in [0.3, 0.4) is 0 Å². The maximum atomic E-state index is 13.4. The van der Waals surface area contributed by atoms with Crippen molar-refractivity contribution in [1.82, 2.24) is 5.32 Å². The Morgan fingerprint density at radius 1 is 0.967 bits per heavy atom. The summed E-state index contributed by atoms with van der Waals surface area (Å²) in [5.74, 6) is -1.81. The van der Waals surface area contributed by atoms with Crippen LogP contribution in [0.2, 0.25) is 19.6 Å². The van der Waals surface area contributed by atoms with Gasteiger partial charge in [0, 0.05) is 12.8 Å². The zero-order chi connectivity index (χ0) is 23.4. The predicted octanol–water partition coefficient (Wildman–Crippen LogP) is 3.14. The van der Waals surface area contributed by atoms with Gasteiger partial charge in [-0.2, -0.15) is 0 Å². The van der Waals surface area contributed by atoms with Crippen LogP contribution in [-0.4, -0.2) is 54.5 Å². The lowest BCUT2D eigenvalue weighted by Crippen LogP contribution is -2.58. The molecule has 1 amide bonds. The van der Waals surface area contributed by atoms with E-state index < -0.39 is 48.4 Å². The number of esters is 2. The fraction of sp³-hybridized carbons (Fsp3) is 0.773. The summed E-state index contributed by atoms with van der Waals surface area (Å²) in [5.41, 5.74) is -0.953. The van der Waals surface area contributed by atoms with Crippen LogP contribution in [0.15, 0.2) is 11.1 Å². The maximum Gasteiger partial charge on any atom is 0.337 e. The second-order valence-electron chi connectivity index (χ2n) is 11.3. The van der Waals surface area contributed by atoms with Crippen LogP contribution in [0.4, 0.5) is 0 Å². The van der Waals surface area contributed by atoms with Crippen molar-refractivity contribution < 1.29 is 28.6 Å². The minimum absolute atomic E-state index is 0.212. The predicted molar refractivity (Wildman–Crippen MR) is 116 cm³/mol. The second-order valence-corrected chi connectivity index (χ2v) is 16.6. The van der Waals surface area contributed by atoms with Crippen molar-refractivity contribution in [2.75, 3.05) is 0 Å². The number of carbonyl (C=O) groups excluding carboxylic acids is 3. The first-order valence-corrected chi connectivity index (χ1v) is 14.0. The van der Waals surface area contributed by atoms with Gasteiger partial charge in [-0.3, -0.25) is 4.79 Å². The van der Waals surface area contributed by atoms with Gasteiger partial charge in [-0.25, -0.2) is 9.59 Å². The summed E-state index contributed by atoms with van der Waals surface area (Å²) in [7, 11) is -2.22. The van der Waals surface area contributed by atoms with Gasteiger partial charge in [-0.05, 0) is 41.5 Å². The van der Waals surface area contributed by atoms with E-state index >= 15 is 0 Å². The van der Waals surface area contributed by atoms with E-state index in [1.165, 1.54) is 6.92 Å². The van der Waals surface area contributed by atoms with Crippen LogP contribution in [0.5, 0.6) is 0 Å². The van der Waals surface area contributed by atoms with Crippen molar-refractivity contribution in [1.29, 1.82) is 0 Å². The van der Waals surface area contributed by atoms with Crippen LogP contribution < -0.4 is 5.32 Å². The molecule has 1 fully saturated rings. The highest BCUT2D eigenvalue weighted by molar-refractivity contribution is 6.81. The Bertz CT molecular complexity index is 783. The summed E-state index contributed by atoms with van der Waals surface area (Å²) < 4.78 is 17.7. The Balaban J connectivity index is 2.74. The highest BCUT2D eigenvalue weighted by Crippen LogP contribution is 2.58.